The Balaban J connectivity index is 1.59. The Morgan fingerprint density at radius 3 is 2.70 bits per heavy atom. The van der Waals surface area contributed by atoms with Crippen LogP contribution in [0.15, 0.2) is 64.8 Å². The standard InChI is InChI=1S/C21H18ClN3OS/c1-25(11-14-6-5-9-16(22)10-14)12-18-23-20(26)19-17(13-27-21(19)24-18)15-7-3-2-4-8-15/h2-10,13H,11-12H2,1H3,(H,23,24,26)/p+1. The molecule has 0 radical (unpaired) electrons. The van der Waals surface area contributed by atoms with Gasteiger partial charge in [0, 0.05) is 21.5 Å². The number of thiophene rings is 1. The van der Waals surface area contributed by atoms with E-state index in [0.717, 1.165) is 33.1 Å². The SMILES string of the molecule is C[NH+](Cc1cccc(Cl)c1)Cc1nc2scc(-c3ccccc3)c2c(=O)[nH]1. The number of rotatable bonds is 5. The van der Waals surface area contributed by atoms with Gasteiger partial charge in [-0.1, -0.05) is 54.1 Å². The molecule has 0 aliphatic rings. The Kier molecular flexibility index (Phi) is 5.07. The first-order valence-electron chi connectivity index (χ1n) is 8.72. The van der Waals surface area contributed by atoms with Gasteiger partial charge in [-0.25, -0.2) is 4.98 Å². The fourth-order valence-corrected chi connectivity index (χ4v) is 4.43. The van der Waals surface area contributed by atoms with E-state index in [0.29, 0.717) is 17.8 Å². The molecular weight excluding hydrogens is 378 g/mol. The maximum Gasteiger partial charge on any atom is 0.260 e. The Hall–Kier alpha value is -2.47. The molecule has 2 heterocycles. The van der Waals surface area contributed by atoms with Gasteiger partial charge in [0.15, 0.2) is 5.82 Å². The summed E-state index contributed by atoms with van der Waals surface area (Å²) in [6.07, 6.45) is 0. The lowest BCUT2D eigenvalue weighted by Gasteiger charge is -2.13. The number of benzene rings is 2. The van der Waals surface area contributed by atoms with Crippen molar-refractivity contribution >= 4 is 33.2 Å². The van der Waals surface area contributed by atoms with Gasteiger partial charge in [0.2, 0.25) is 0 Å². The van der Waals surface area contributed by atoms with E-state index in [9.17, 15) is 4.79 Å². The van der Waals surface area contributed by atoms with Crippen LogP contribution < -0.4 is 10.5 Å². The summed E-state index contributed by atoms with van der Waals surface area (Å²) in [6.45, 7) is 1.44. The minimum Gasteiger partial charge on any atom is -0.327 e. The quantitative estimate of drug-likeness (QED) is 0.542. The third-order valence-corrected chi connectivity index (χ3v) is 5.55. The lowest BCUT2D eigenvalue weighted by atomic mass is 10.1. The summed E-state index contributed by atoms with van der Waals surface area (Å²) in [5, 5.41) is 3.41. The molecule has 2 N–H and O–H groups in total. The smallest absolute Gasteiger partial charge is 0.260 e. The van der Waals surface area contributed by atoms with Crippen LogP contribution >= 0.6 is 22.9 Å². The molecule has 6 heteroatoms. The highest BCUT2D eigenvalue weighted by molar-refractivity contribution is 7.17. The van der Waals surface area contributed by atoms with Gasteiger partial charge in [-0.05, 0) is 17.7 Å². The molecule has 0 bridgehead atoms. The van der Waals surface area contributed by atoms with Gasteiger partial charge in [-0.3, -0.25) is 4.79 Å². The average molecular weight is 397 g/mol. The van der Waals surface area contributed by atoms with Crippen molar-refractivity contribution in [1.29, 1.82) is 0 Å². The summed E-state index contributed by atoms with van der Waals surface area (Å²) in [4.78, 5) is 22.4. The van der Waals surface area contributed by atoms with E-state index in [4.69, 9.17) is 16.6 Å². The van der Waals surface area contributed by atoms with E-state index < -0.39 is 0 Å². The van der Waals surface area contributed by atoms with E-state index in [1.54, 1.807) is 0 Å². The maximum absolute atomic E-state index is 12.7. The molecule has 1 unspecified atom stereocenters. The number of halogens is 1. The highest BCUT2D eigenvalue weighted by Gasteiger charge is 2.15. The fourth-order valence-electron chi connectivity index (χ4n) is 3.25. The topological polar surface area (TPSA) is 50.2 Å². The summed E-state index contributed by atoms with van der Waals surface area (Å²) in [5.74, 6) is 0.702. The van der Waals surface area contributed by atoms with Crippen molar-refractivity contribution in [3.05, 3.63) is 86.7 Å². The van der Waals surface area contributed by atoms with Gasteiger partial charge in [0.1, 0.15) is 17.9 Å². The van der Waals surface area contributed by atoms with E-state index >= 15 is 0 Å². The largest absolute Gasteiger partial charge is 0.327 e. The summed E-state index contributed by atoms with van der Waals surface area (Å²) in [6, 6.07) is 17.8. The van der Waals surface area contributed by atoms with E-state index in [-0.39, 0.29) is 5.56 Å². The van der Waals surface area contributed by atoms with Crippen LogP contribution in [0.2, 0.25) is 5.02 Å². The van der Waals surface area contributed by atoms with Crippen LogP contribution in [0.4, 0.5) is 0 Å². The highest BCUT2D eigenvalue weighted by atomic mass is 35.5. The van der Waals surface area contributed by atoms with Gasteiger partial charge < -0.3 is 9.88 Å². The normalized spacial score (nSPS) is 12.4. The van der Waals surface area contributed by atoms with Crippen molar-refractivity contribution in [3.8, 4) is 11.1 Å². The number of nitrogens with zero attached hydrogens (tertiary/aromatic N) is 1. The number of hydrogen-bond acceptors (Lipinski definition) is 3. The van der Waals surface area contributed by atoms with Crippen LogP contribution in [0.5, 0.6) is 0 Å². The maximum atomic E-state index is 12.7. The Labute approximate surface area is 166 Å². The monoisotopic (exact) mass is 396 g/mol. The van der Waals surface area contributed by atoms with Crippen LogP contribution in [-0.4, -0.2) is 17.0 Å². The molecular formula is C21H19ClN3OS+. The van der Waals surface area contributed by atoms with E-state index in [1.165, 1.54) is 16.2 Å². The number of hydrogen-bond donors (Lipinski definition) is 2. The molecule has 2 aromatic carbocycles. The predicted octanol–water partition coefficient (Wildman–Crippen LogP) is 3.52. The highest BCUT2D eigenvalue weighted by Crippen LogP contribution is 2.30. The zero-order valence-electron chi connectivity index (χ0n) is 14.8. The summed E-state index contributed by atoms with van der Waals surface area (Å²) < 4.78 is 0. The number of H-pyrrole nitrogens is 1. The molecule has 4 aromatic rings. The third kappa shape index (κ3) is 3.95. The molecule has 0 amide bonds. The molecule has 0 saturated heterocycles. The van der Waals surface area contributed by atoms with Crippen molar-refractivity contribution in [2.75, 3.05) is 7.05 Å². The van der Waals surface area contributed by atoms with Crippen LogP contribution in [0.1, 0.15) is 11.4 Å². The summed E-state index contributed by atoms with van der Waals surface area (Å²) in [7, 11) is 2.08. The molecule has 2 aromatic heterocycles. The van der Waals surface area contributed by atoms with Gasteiger partial charge in [0.05, 0.1) is 12.4 Å². The van der Waals surface area contributed by atoms with Crippen LogP contribution in [0, 0.1) is 0 Å². The first kappa shape index (κ1) is 17.9. The second-order valence-corrected chi connectivity index (χ2v) is 7.94. The molecule has 0 aliphatic heterocycles. The zero-order valence-corrected chi connectivity index (χ0v) is 16.4. The molecule has 4 rings (SSSR count). The molecule has 136 valence electrons. The minimum absolute atomic E-state index is 0.0781. The molecule has 4 nitrogen and oxygen atoms in total. The summed E-state index contributed by atoms with van der Waals surface area (Å²) >= 11 is 7.57. The average Bonchev–Trinajstić information content (AvgIpc) is 3.07. The summed E-state index contributed by atoms with van der Waals surface area (Å²) in [5.41, 5.74) is 3.06. The number of quaternary nitrogens is 1. The molecule has 27 heavy (non-hydrogen) atoms. The van der Waals surface area contributed by atoms with Crippen molar-refractivity contribution < 1.29 is 4.90 Å². The van der Waals surface area contributed by atoms with Crippen LogP contribution in [0.3, 0.4) is 0 Å². The van der Waals surface area contributed by atoms with Crippen molar-refractivity contribution in [1.82, 2.24) is 9.97 Å². The number of nitrogens with one attached hydrogen (secondary N) is 2. The number of aromatic amines is 1. The van der Waals surface area contributed by atoms with Gasteiger partial charge >= 0.3 is 0 Å². The number of fused-ring (bicyclic) bond motifs is 1. The van der Waals surface area contributed by atoms with Gasteiger partial charge in [0.25, 0.3) is 5.56 Å². The van der Waals surface area contributed by atoms with Crippen LogP contribution in [0.25, 0.3) is 21.3 Å². The Bertz CT molecular complexity index is 1140. The van der Waals surface area contributed by atoms with Gasteiger partial charge in [-0.15, -0.1) is 11.3 Å². The predicted molar refractivity (Wildman–Crippen MR) is 111 cm³/mol. The van der Waals surface area contributed by atoms with Crippen LogP contribution in [-0.2, 0) is 13.1 Å². The first-order valence-corrected chi connectivity index (χ1v) is 9.97. The molecule has 0 fully saturated rings. The number of aromatic nitrogens is 2. The van der Waals surface area contributed by atoms with Crippen molar-refractivity contribution in [3.63, 3.8) is 0 Å². The second kappa shape index (κ2) is 7.64. The Morgan fingerprint density at radius 2 is 1.93 bits per heavy atom. The third-order valence-electron chi connectivity index (χ3n) is 4.44. The van der Waals surface area contributed by atoms with Crippen molar-refractivity contribution in [2.45, 2.75) is 13.1 Å². The molecule has 0 spiro atoms. The molecule has 1 atom stereocenters. The van der Waals surface area contributed by atoms with E-state index in [1.807, 2.05) is 53.9 Å². The lowest BCUT2D eigenvalue weighted by molar-refractivity contribution is -0.908. The lowest BCUT2D eigenvalue weighted by Crippen LogP contribution is -3.06. The minimum atomic E-state index is -0.0781. The van der Waals surface area contributed by atoms with E-state index in [2.05, 4.69) is 18.1 Å². The van der Waals surface area contributed by atoms with Crippen molar-refractivity contribution in [2.24, 2.45) is 0 Å². The first-order chi connectivity index (χ1) is 13.1. The zero-order chi connectivity index (χ0) is 18.8. The Morgan fingerprint density at radius 1 is 1.11 bits per heavy atom. The molecule has 0 saturated carbocycles. The fraction of sp³-hybridized carbons (Fsp3) is 0.143. The van der Waals surface area contributed by atoms with Gasteiger partial charge in [-0.2, -0.15) is 0 Å². The molecule has 0 aliphatic carbocycles. The second-order valence-electron chi connectivity index (χ2n) is 6.65.